The van der Waals surface area contributed by atoms with Crippen LogP contribution in [0, 0.1) is 11.8 Å². The number of aromatic amines is 1. The van der Waals surface area contributed by atoms with Gasteiger partial charge in [-0.3, -0.25) is 14.6 Å². The van der Waals surface area contributed by atoms with Crippen LogP contribution in [0.4, 0.5) is 11.4 Å². The van der Waals surface area contributed by atoms with Gasteiger partial charge in [0.15, 0.2) is 5.75 Å². The Labute approximate surface area is 269 Å². The number of likely N-dealkylation sites (N-methyl/N-ethyl adjacent to an activating group) is 1. The summed E-state index contributed by atoms with van der Waals surface area (Å²) in [4.78, 5) is 38.2. The zero-order valence-corrected chi connectivity index (χ0v) is 26.9. The number of likely N-dealkylation sites (tertiary alicyclic amines) is 1. The van der Waals surface area contributed by atoms with Crippen LogP contribution in [0.3, 0.4) is 0 Å². The average molecular weight is 631 g/mol. The third-order valence-corrected chi connectivity index (χ3v) is 8.51. The van der Waals surface area contributed by atoms with Crippen molar-refractivity contribution in [3.8, 4) is 28.8 Å². The fourth-order valence-corrected chi connectivity index (χ4v) is 6.03. The molecule has 2 aromatic heterocycles. The Hall–Kier alpha value is -4.30. The van der Waals surface area contributed by atoms with Gasteiger partial charge in [-0.25, -0.2) is 0 Å². The number of pyridine rings is 1. The van der Waals surface area contributed by atoms with Crippen LogP contribution in [-0.2, 0) is 16.0 Å². The molecule has 1 fully saturated rings. The second-order valence-electron chi connectivity index (χ2n) is 11.4. The van der Waals surface area contributed by atoms with Gasteiger partial charge >= 0.3 is 0 Å². The Bertz CT molecular complexity index is 1660. The van der Waals surface area contributed by atoms with Crippen molar-refractivity contribution in [2.75, 3.05) is 59.4 Å². The molecule has 0 saturated carbocycles. The molecule has 3 N–H and O–H groups in total. The number of carbonyl (C=O) groups is 2. The molecule has 5 rings (SSSR count). The zero-order chi connectivity index (χ0) is 32.0. The minimum atomic E-state index is -0.638. The van der Waals surface area contributed by atoms with Crippen LogP contribution in [0.2, 0.25) is 5.02 Å². The molecule has 2 aliphatic rings. The van der Waals surface area contributed by atoms with Gasteiger partial charge in [0.2, 0.25) is 5.91 Å². The van der Waals surface area contributed by atoms with E-state index in [1.54, 1.807) is 38.8 Å². The predicted molar refractivity (Wildman–Crippen MR) is 176 cm³/mol. The molecule has 2 aliphatic heterocycles. The van der Waals surface area contributed by atoms with Crippen molar-refractivity contribution in [1.82, 2.24) is 25.1 Å². The van der Waals surface area contributed by atoms with E-state index in [2.05, 4.69) is 37.3 Å². The highest BCUT2D eigenvalue weighted by Crippen LogP contribution is 2.41. The van der Waals surface area contributed by atoms with Crippen molar-refractivity contribution in [2.45, 2.75) is 31.7 Å². The number of methoxy groups -OCH3 is 2. The Balaban J connectivity index is 1.48. The number of carbonyl (C=O) groups excluding carboxylic acids is 2. The van der Waals surface area contributed by atoms with Crippen LogP contribution in [0.5, 0.6) is 5.75 Å². The summed E-state index contributed by atoms with van der Waals surface area (Å²) in [5, 5.41) is 6.82. The Morgan fingerprint density at radius 1 is 1.31 bits per heavy atom. The van der Waals surface area contributed by atoms with Crippen LogP contribution in [0.15, 0.2) is 48.8 Å². The number of halogens is 1. The number of H-pyrrole nitrogens is 1. The average Bonchev–Trinajstić information content (AvgIpc) is 3.60. The van der Waals surface area contributed by atoms with Gasteiger partial charge in [-0.05, 0) is 45.0 Å². The number of anilines is 2. The van der Waals surface area contributed by atoms with Gasteiger partial charge in [0.05, 0.1) is 46.9 Å². The summed E-state index contributed by atoms with van der Waals surface area (Å²) in [5.41, 5.74) is 4.10. The van der Waals surface area contributed by atoms with E-state index in [-0.39, 0.29) is 11.8 Å². The van der Waals surface area contributed by atoms with Crippen LogP contribution < -0.4 is 15.4 Å². The molecule has 3 aromatic rings. The molecule has 0 bridgehead atoms. The first-order valence-electron chi connectivity index (χ1n) is 15.0. The summed E-state index contributed by atoms with van der Waals surface area (Å²) in [7, 11) is 5.22. The lowest BCUT2D eigenvalue weighted by molar-refractivity contribution is -0.128. The largest absolute Gasteiger partial charge is 0.493 e. The van der Waals surface area contributed by atoms with Crippen molar-refractivity contribution in [1.29, 1.82) is 0 Å². The standard InChI is InChI=1S/C34H39ClN6O4/c1-34(14-7-19-41(34)28(42)10-6-18-40(2)20-21-44-3)15-11-23-22-36-16-12-24(23)30-31(29-26(38-30)13-17-37-33(29)43)39-27-9-5-8-25(35)32(27)45-4/h5-6,8-10,12,16,22,38-39H,7,13-14,17-21H2,1-4H3,(H,37,43)/b10-6+/t34-/m1/s1. The number of aromatic nitrogens is 2. The number of hydrogen-bond acceptors (Lipinski definition) is 7. The fraction of sp³-hybridized carbons (Fsp3) is 0.382. The number of fused-ring (bicyclic) bond motifs is 1. The maximum atomic E-state index is 13.2. The summed E-state index contributed by atoms with van der Waals surface area (Å²) < 4.78 is 10.7. The quantitative estimate of drug-likeness (QED) is 0.221. The number of benzene rings is 1. The third-order valence-electron chi connectivity index (χ3n) is 8.21. The van der Waals surface area contributed by atoms with Gasteiger partial charge in [-0.2, -0.15) is 0 Å². The normalized spacial score (nSPS) is 17.6. The van der Waals surface area contributed by atoms with Crippen molar-refractivity contribution < 1.29 is 19.1 Å². The first-order valence-corrected chi connectivity index (χ1v) is 15.4. The molecule has 0 radical (unpaired) electrons. The van der Waals surface area contributed by atoms with Gasteiger partial charge in [0.25, 0.3) is 5.91 Å². The summed E-state index contributed by atoms with van der Waals surface area (Å²) in [6.45, 7) is 5.26. The van der Waals surface area contributed by atoms with Crippen LogP contribution in [0.1, 0.15) is 41.4 Å². The third kappa shape index (κ3) is 7.01. The molecular weight excluding hydrogens is 592 g/mol. The van der Waals surface area contributed by atoms with Gasteiger partial charge in [-0.1, -0.05) is 35.6 Å². The highest BCUT2D eigenvalue weighted by atomic mass is 35.5. The number of para-hydroxylation sites is 1. The maximum absolute atomic E-state index is 13.2. The molecule has 10 nitrogen and oxygen atoms in total. The highest BCUT2D eigenvalue weighted by Gasteiger charge is 2.37. The molecule has 0 spiro atoms. The van der Waals surface area contributed by atoms with Crippen LogP contribution >= 0.6 is 11.6 Å². The fourth-order valence-electron chi connectivity index (χ4n) is 5.78. The molecule has 0 aliphatic carbocycles. The summed E-state index contributed by atoms with van der Waals surface area (Å²) in [6.07, 6.45) is 9.22. The maximum Gasteiger partial charge on any atom is 0.255 e. The van der Waals surface area contributed by atoms with Gasteiger partial charge in [0.1, 0.15) is 5.54 Å². The smallest absolute Gasteiger partial charge is 0.255 e. The van der Waals surface area contributed by atoms with Crippen molar-refractivity contribution in [3.05, 3.63) is 70.7 Å². The second-order valence-corrected chi connectivity index (χ2v) is 11.8. The van der Waals surface area contributed by atoms with Gasteiger partial charge in [0, 0.05) is 69.4 Å². The van der Waals surface area contributed by atoms with Crippen LogP contribution in [0.25, 0.3) is 11.3 Å². The molecule has 1 saturated heterocycles. The van der Waals surface area contributed by atoms with Crippen molar-refractivity contribution in [3.63, 3.8) is 0 Å². The highest BCUT2D eigenvalue weighted by molar-refractivity contribution is 6.32. The molecule has 1 atom stereocenters. The van der Waals surface area contributed by atoms with E-state index in [4.69, 9.17) is 21.1 Å². The molecule has 236 valence electrons. The topological polar surface area (TPSA) is 112 Å². The Kier molecular flexibility index (Phi) is 10.1. The lowest BCUT2D eigenvalue weighted by Gasteiger charge is -2.29. The zero-order valence-electron chi connectivity index (χ0n) is 26.1. The summed E-state index contributed by atoms with van der Waals surface area (Å²) in [5.74, 6) is 7.00. The molecule has 1 aromatic carbocycles. The summed E-state index contributed by atoms with van der Waals surface area (Å²) >= 11 is 6.42. The molecule has 4 heterocycles. The molecule has 0 unspecified atom stereocenters. The first kappa shape index (κ1) is 32.1. The number of nitrogens with one attached hydrogen (secondary N) is 3. The van der Waals surface area contributed by atoms with E-state index in [0.29, 0.717) is 71.6 Å². The van der Waals surface area contributed by atoms with E-state index in [9.17, 15) is 9.59 Å². The monoisotopic (exact) mass is 630 g/mol. The molecule has 2 amide bonds. The Morgan fingerprint density at radius 3 is 2.96 bits per heavy atom. The van der Waals surface area contributed by atoms with Crippen LogP contribution in [-0.4, -0.2) is 91.2 Å². The van der Waals surface area contributed by atoms with Crippen molar-refractivity contribution >= 4 is 34.8 Å². The number of ether oxygens (including phenoxy) is 2. The predicted octanol–water partition coefficient (Wildman–Crippen LogP) is 4.64. The number of hydrogen-bond donors (Lipinski definition) is 3. The van der Waals surface area contributed by atoms with E-state index < -0.39 is 5.54 Å². The van der Waals surface area contributed by atoms with Crippen molar-refractivity contribution in [2.24, 2.45) is 0 Å². The van der Waals surface area contributed by atoms with Gasteiger partial charge in [-0.15, -0.1) is 0 Å². The summed E-state index contributed by atoms with van der Waals surface area (Å²) in [6, 6.07) is 7.29. The van der Waals surface area contributed by atoms with E-state index in [0.717, 1.165) is 30.6 Å². The Morgan fingerprint density at radius 2 is 2.16 bits per heavy atom. The van der Waals surface area contributed by atoms with E-state index >= 15 is 0 Å². The minimum Gasteiger partial charge on any atom is -0.493 e. The SMILES string of the molecule is COCCN(C)C/C=C/C(=O)N1CCC[C@]1(C)C#Cc1cnccc1-c1[nH]c2c(c1Nc1cccc(Cl)c1OC)C(=O)NCC2. The number of nitrogens with zero attached hydrogens (tertiary/aromatic N) is 3. The molecular formula is C34H39ClN6O4. The first-order chi connectivity index (χ1) is 21.8. The van der Waals surface area contributed by atoms with Gasteiger partial charge < -0.3 is 34.9 Å². The lowest BCUT2D eigenvalue weighted by atomic mass is 9.97. The molecule has 45 heavy (non-hydrogen) atoms. The lowest BCUT2D eigenvalue weighted by Crippen LogP contribution is -2.43. The minimum absolute atomic E-state index is 0.0548. The second kappa shape index (κ2) is 14.2. The number of rotatable bonds is 10. The number of amides is 2. The van der Waals surface area contributed by atoms with E-state index in [1.807, 2.05) is 43.1 Å². The van der Waals surface area contributed by atoms with E-state index in [1.165, 1.54) is 0 Å². The molecule has 11 heteroatoms.